The van der Waals surface area contributed by atoms with Gasteiger partial charge in [-0.3, -0.25) is 15.1 Å². The average molecular weight is 377 g/mol. The molecule has 1 atom stereocenters. The highest BCUT2D eigenvalue weighted by molar-refractivity contribution is 7.89. The number of sulfonamides is 1. The Labute approximate surface area is 151 Å². The highest BCUT2D eigenvalue weighted by Gasteiger charge is 2.34. The van der Waals surface area contributed by atoms with E-state index >= 15 is 0 Å². The summed E-state index contributed by atoms with van der Waals surface area (Å²) in [5, 5.41) is 11.1. The molecule has 2 aromatic rings. The third kappa shape index (κ3) is 3.90. The van der Waals surface area contributed by atoms with Crippen molar-refractivity contribution >= 4 is 15.7 Å². The summed E-state index contributed by atoms with van der Waals surface area (Å²) in [5.74, 6) is 0. The Balaban J connectivity index is 1.69. The predicted molar refractivity (Wildman–Crippen MR) is 94.0 cm³/mol. The third-order valence-electron chi connectivity index (χ3n) is 4.32. The molecule has 1 aromatic heterocycles. The quantitative estimate of drug-likeness (QED) is 0.565. The van der Waals surface area contributed by atoms with E-state index in [1.165, 1.54) is 16.4 Å². The van der Waals surface area contributed by atoms with Crippen LogP contribution in [0.5, 0.6) is 0 Å². The smallest absolute Gasteiger partial charge is 0.273 e. The van der Waals surface area contributed by atoms with Crippen molar-refractivity contribution in [2.75, 3.05) is 13.1 Å². The zero-order chi connectivity index (χ0) is 18.7. The van der Waals surface area contributed by atoms with E-state index in [9.17, 15) is 18.5 Å². The van der Waals surface area contributed by atoms with E-state index < -0.39 is 14.9 Å². The van der Waals surface area contributed by atoms with Crippen molar-refractivity contribution in [2.24, 2.45) is 0 Å². The zero-order valence-corrected chi connectivity index (χ0v) is 15.1. The van der Waals surface area contributed by atoms with Crippen LogP contribution in [0.2, 0.25) is 0 Å². The first-order chi connectivity index (χ1) is 12.4. The lowest BCUT2D eigenvalue weighted by Gasteiger charge is -2.17. The van der Waals surface area contributed by atoms with Crippen molar-refractivity contribution < 1.29 is 18.1 Å². The Hall–Kier alpha value is -2.36. The summed E-state index contributed by atoms with van der Waals surface area (Å²) in [6.07, 6.45) is 2.02. The van der Waals surface area contributed by atoms with E-state index in [4.69, 9.17) is 4.74 Å². The van der Waals surface area contributed by atoms with Crippen LogP contribution in [0.25, 0.3) is 0 Å². The van der Waals surface area contributed by atoms with Crippen LogP contribution in [0.1, 0.15) is 17.7 Å². The van der Waals surface area contributed by atoms with Crippen LogP contribution in [0.15, 0.2) is 47.5 Å². The molecular weight excluding hydrogens is 358 g/mol. The fourth-order valence-electron chi connectivity index (χ4n) is 2.83. The summed E-state index contributed by atoms with van der Waals surface area (Å²) >= 11 is 0. The number of nitrogens with zero attached hydrogens (tertiary/aromatic N) is 3. The van der Waals surface area contributed by atoms with Crippen molar-refractivity contribution in [1.82, 2.24) is 9.29 Å². The number of pyridine rings is 1. The van der Waals surface area contributed by atoms with Gasteiger partial charge in [0, 0.05) is 30.9 Å². The monoisotopic (exact) mass is 377 g/mol. The van der Waals surface area contributed by atoms with E-state index in [1.807, 2.05) is 18.2 Å². The topological polar surface area (TPSA) is 103 Å². The van der Waals surface area contributed by atoms with Gasteiger partial charge in [0.25, 0.3) is 5.69 Å². The lowest BCUT2D eigenvalue weighted by atomic mass is 10.2. The molecule has 1 aliphatic rings. The van der Waals surface area contributed by atoms with Gasteiger partial charge in [0.05, 0.1) is 28.2 Å². The highest BCUT2D eigenvalue weighted by atomic mass is 32.2. The molecule has 3 rings (SSSR count). The molecule has 1 saturated heterocycles. The molecule has 2 heterocycles. The molecular formula is C17H19N3O5S. The number of hydrogen-bond acceptors (Lipinski definition) is 6. The van der Waals surface area contributed by atoms with E-state index in [2.05, 4.69) is 4.98 Å². The van der Waals surface area contributed by atoms with Crippen LogP contribution < -0.4 is 0 Å². The summed E-state index contributed by atoms with van der Waals surface area (Å²) in [7, 11) is -3.79. The van der Waals surface area contributed by atoms with Crippen molar-refractivity contribution in [1.29, 1.82) is 0 Å². The van der Waals surface area contributed by atoms with E-state index in [1.54, 1.807) is 13.1 Å². The first-order valence-corrected chi connectivity index (χ1v) is 9.58. The summed E-state index contributed by atoms with van der Waals surface area (Å²) in [5.41, 5.74) is 1.00. The van der Waals surface area contributed by atoms with E-state index in [-0.39, 0.29) is 23.2 Å². The summed E-state index contributed by atoms with van der Waals surface area (Å²) in [6.45, 7) is 2.43. The fourth-order valence-corrected chi connectivity index (χ4v) is 4.34. The second-order valence-corrected chi connectivity index (χ2v) is 8.05. The number of nitro groups is 1. The minimum Gasteiger partial charge on any atom is -0.371 e. The van der Waals surface area contributed by atoms with Gasteiger partial charge < -0.3 is 4.74 Å². The van der Waals surface area contributed by atoms with Gasteiger partial charge in [-0.15, -0.1) is 0 Å². The van der Waals surface area contributed by atoms with E-state index in [0.29, 0.717) is 25.1 Å². The van der Waals surface area contributed by atoms with Crippen molar-refractivity contribution in [3.8, 4) is 0 Å². The second-order valence-electron chi connectivity index (χ2n) is 6.11. The standard InChI is InChI=1S/C17H19N3O5S/c1-13-5-6-16(10-17(13)20(21)22)26(23,24)19-9-7-15(11-19)25-12-14-4-2-3-8-18-14/h2-6,8,10,15H,7,9,11-12H2,1H3/t15-/m0/s1. The molecule has 0 bridgehead atoms. The summed E-state index contributed by atoms with van der Waals surface area (Å²) in [6, 6.07) is 9.49. The number of rotatable bonds is 6. The molecule has 0 unspecified atom stereocenters. The molecule has 0 spiro atoms. The minimum atomic E-state index is -3.79. The number of hydrogen-bond donors (Lipinski definition) is 0. The van der Waals surface area contributed by atoms with Crippen LogP contribution in [0.3, 0.4) is 0 Å². The van der Waals surface area contributed by atoms with Crippen LogP contribution >= 0.6 is 0 Å². The van der Waals surface area contributed by atoms with Crippen LogP contribution in [0, 0.1) is 17.0 Å². The number of benzene rings is 1. The first-order valence-electron chi connectivity index (χ1n) is 8.14. The minimum absolute atomic E-state index is 0.0693. The van der Waals surface area contributed by atoms with Gasteiger partial charge in [-0.05, 0) is 31.5 Å². The van der Waals surface area contributed by atoms with Gasteiger partial charge in [-0.2, -0.15) is 4.31 Å². The van der Waals surface area contributed by atoms with Gasteiger partial charge in [-0.25, -0.2) is 8.42 Å². The van der Waals surface area contributed by atoms with Gasteiger partial charge in [0.15, 0.2) is 0 Å². The Kier molecular flexibility index (Phi) is 5.30. The molecule has 1 aliphatic heterocycles. The SMILES string of the molecule is Cc1ccc(S(=O)(=O)N2CC[C@H](OCc3ccccn3)C2)cc1[N+](=O)[O-]. The maximum absolute atomic E-state index is 12.8. The van der Waals surface area contributed by atoms with Crippen LogP contribution in [0.4, 0.5) is 5.69 Å². The van der Waals surface area contributed by atoms with E-state index in [0.717, 1.165) is 11.8 Å². The lowest BCUT2D eigenvalue weighted by molar-refractivity contribution is -0.385. The van der Waals surface area contributed by atoms with Gasteiger partial charge in [0.2, 0.25) is 10.0 Å². The molecule has 0 N–H and O–H groups in total. The number of aromatic nitrogens is 1. The molecule has 1 aromatic carbocycles. The maximum atomic E-state index is 12.8. The van der Waals surface area contributed by atoms with Crippen molar-refractivity contribution in [3.05, 3.63) is 64.0 Å². The third-order valence-corrected chi connectivity index (χ3v) is 6.18. The number of ether oxygens (including phenoxy) is 1. The normalized spacial score (nSPS) is 18.1. The fraction of sp³-hybridized carbons (Fsp3) is 0.353. The maximum Gasteiger partial charge on any atom is 0.273 e. The second kappa shape index (κ2) is 7.48. The van der Waals surface area contributed by atoms with Gasteiger partial charge in [0.1, 0.15) is 0 Å². The highest BCUT2D eigenvalue weighted by Crippen LogP contribution is 2.27. The molecule has 9 heteroatoms. The molecule has 8 nitrogen and oxygen atoms in total. The Morgan fingerprint density at radius 3 is 2.85 bits per heavy atom. The van der Waals surface area contributed by atoms with Crippen LogP contribution in [-0.2, 0) is 21.4 Å². The average Bonchev–Trinajstić information content (AvgIpc) is 3.10. The molecule has 0 aliphatic carbocycles. The molecule has 1 fully saturated rings. The summed E-state index contributed by atoms with van der Waals surface area (Å²) in [4.78, 5) is 14.6. The van der Waals surface area contributed by atoms with Gasteiger partial charge in [-0.1, -0.05) is 12.1 Å². The first kappa shape index (κ1) is 18.4. The predicted octanol–water partition coefficient (Wildman–Crippen LogP) is 2.28. The Morgan fingerprint density at radius 2 is 2.15 bits per heavy atom. The molecule has 26 heavy (non-hydrogen) atoms. The lowest BCUT2D eigenvalue weighted by Crippen LogP contribution is -2.30. The van der Waals surface area contributed by atoms with Crippen molar-refractivity contribution in [3.63, 3.8) is 0 Å². The van der Waals surface area contributed by atoms with Crippen molar-refractivity contribution in [2.45, 2.75) is 31.0 Å². The largest absolute Gasteiger partial charge is 0.371 e. The zero-order valence-electron chi connectivity index (χ0n) is 14.2. The number of aryl methyl sites for hydroxylation is 1. The summed E-state index contributed by atoms with van der Waals surface area (Å²) < 4.78 is 32.6. The van der Waals surface area contributed by atoms with Crippen LogP contribution in [-0.4, -0.2) is 41.8 Å². The Morgan fingerprint density at radius 1 is 1.35 bits per heavy atom. The molecule has 0 radical (unpaired) electrons. The van der Waals surface area contributed by atoms with Gasteiger partial charge >= 0.3 is 0 Å². The molecule has 0 amide bonds. The number of nitro benzene ring substituents is 1. The molecule has 138 valence electrons. The molecule has 0 saturated carbocycles. The Bertz CT molecular complexity index is 902.